The van der Waals surface area contributed by atoms with Crippen molar-refractivity contribution in [2.24, 2.45) is 0 Å². The van der Waals surface area contributed by atoms with Gasteiger partial charge in [0, 0.05) is 24.3 Å². The number of nitrogens with zero attached hydrogens (tertiary/aromatic N) is 3. The second kappa shape index (κ2) is 3.73. The number of H-pyrrole nitrogens is 2. The summed E-state index contributed by atoms with van der Waals surface area (Å²) < 4.78 is 1.75. The quantitative estimate of drug-likeness (QED) is 0.640. The van der Waals surface area contributed by atoms with E-state index < -0.39 is 5.97 Å². The number of hydrogen-bond donors (Lipinski definition) is 3. The van der Waals surface area contributed by atoms with Gasteiger partial charge < -0.3 is 15.1 Å². The molecule has 3 heterocycles. The number of carboxylic acid groups (broad SMARTS) is 1. The van der Waals surface area contributed by atoms with Gasteiger partial charge in [0.2, 0.25) is 5.78 Å². The fourth-order valence-corrected chi connectivity index (χ4v) is 1.98. The minimum absolute atomic E-state index is 0.0419. The zero-order valence-electron chi connectivity index (χ0n) is 9.64. The molecular formula is C11H11N5O2. The second-order valence-electron chi connectivity index (χ2n) is 4.02. The highest BCUT2D eigenvalue weighted by molar-refractivity contribution is 5.70. The van der Waals surface area contributed by atoms with Gasteiger partial charge in [-0.25, -0.2) is 9.97 Å². The first-order valence-electron chi connectivity index (χ1n) is 5.43. The van der Waals surface area contributed by atoms with Gasteiger partial charge >= 0.3 is 5.97 Å². The number of rotatable bonds is 3. The lowest BCUT2D eigenvalue weighted by Gasteiger charge is -1.96. The molecule has 0 amide bonds. The number of carbonyl (C=O) groups is 1. The van der Waals surface area contributed by atoms with Gasteiger partial charge in [0.15, 0.2) is 5.82 Å². The Balaban J connectivity index is 2.13. The van der Waals surface area contributed by atoms with Crippen LogP contribution in [0.2, 0.25) is 0 Å². The topological polar surface area (TPSA) is 99.1 Å². The average Bonchev–Trinajstić information content (AvgIpc) is 2.96. The van der Waals surface area contributed by atoms with Crippen LogP contribution in [0.15, 0.2) is 18.6 Å². The van der Waals surface area contributed by atoms with Crippen molar-refractivity contribution in [2.75, 3.05) is 0 Å². The van der Waals surface area contributed by atoms with Gasteiger partial charge in [-0.15, -0.1) is 0 Å². The molecule has 0 aliphatic rings. The van der Waals surface area contributed by atoms with Gasteiger partial charge in [-0.05, 0) is 6.92 Å². The molecule has 0 aromatic carbocycles. The van der Waals surface area contributed by atoms with Gasteiger partial charge in [-0.3, -0.25) is 9.20 Å². The predicted molar refractivity (Wildman–Crippen MR) is 63.2 cm³/mol. The third kappa shape index (κ3) is 1.56. The summed E-state index contributed by atoms with van der Waals surface area (Å²) in [7, 11) is 0. The van der Waals surface area contributed by atoms with Gasteiger partial charge in [-0.1, -0.05) is 0 Å². The molecule has 3 rings (SSSR count). The van der Waals surface area contributed by atoms with Crippen molar-refractivity contribution in [2.45, 2.75) is 13.3 Å². The summed E-state index contributed by atoms with van der Waals surface area (Å²) in [5.74, 6) is 0.411. The molecule has 0 saturated heterocycles. The van der Waals surface area contributed by atoms with E-state index in [4.69, 9.17) is 5.11 Å². The largest absolute Gasteiger partial charge is 0.481 e. The standard InChI is InChI=1S/C11H11N5O2/c1-6-8(4-9(17)18)16-5-7(15-11(16)14-6)10-12-2-3-13-10/h2-3,5H,4H2,1H3,(H,12,13)(H,14,15)(H,17,18). The van der Waals surface area contributed by atoms with Gasteiger partial charge in [0.1, 0.15) is 5.69 Å². The lowest BCUT2D eigenvalue weighted by atomic mass is 10.2. The zero-order valence-corrected chi connectivity index (χ0v) is 9.64. The SMILES string of the molecule is Cc1[nH]c2nc(-c3ncc[nH]3)cn2c1CC(=O)O. The minimum Gasteiger partial charge on any atom is -0.481 e. The molecule has 7 heteroatoms. The molecule has 0 spiro atoms. The Morgan fingerprint density at radius 2 is 2.39 bits per heavy atom. The monoisotopic (exact) mass is 245 g/mol. The number of carboxylic acids is 1. The van der Waals surface area contributed by atoms with E-state index in [1.807, 2.05) is 6.92 Å². The first-order valence-corrected chi connectivity index (χ1v) is 5.43. The van der Waals surface area contributed by atoms with Crippen LogP contribution in [0.4, 0.5) is 0 Å². The summed E-state index contributed by atoms with van der Waals surface area (Å²) in [6, 6.07) is 0. The molecule has 7 nitrogen and oxygen atoms in total. The Morgan fingerprint density at radius 1 is 1.56 bits per heavy atom. The first kappa shape index (κ1) is 10.6. The molecule has 0 aliphatic heterocycles. The Morgan fingerprint density at radius 3 is 3.06 bits per heavy atom. The van der Waals surface area contributed by atoms with Crippen molar-refractivity contribution < 1.29 is 9.90 Å². The van der Waals surface area contributed by atoms with Crippen LogP contribution < -0.4 is 0 Å². The summed E-state index contributed by atoms with van der Waals surface area (Å²) in [5.41, 5.74) is 2.19. The van der Waals surface area contributed by atoms with Crippen molar-refractivity contribution in [3.05, 3.63) is 30.0 Å². The van der Waals surface area contributed by atoms with E-state index in [1.54, 1.807) is 23.0 Å². The maximum atomic E-state index is 10.8. The summed E-state index contributed by atoms with van der Waals surface area (Å²) in [6.45, 7) is 1.83. The van der Waals surface area contributed by atoms with E-state index in [2.05, 4.69) is 19.9 Å². The van der Waals surface area contributed by atoms with Crippen molar-refractivity contribution in [3.63, 3.8) is 0 Å². The molecule has 0 unspecified atom stereocenters. The lowest BCUT2D eigenvalue weighted by Crippen LogP contribution is -2.03. The Labute approximate surface area is 102 Å². The molecule has 0 atom stereocenters. The molecule has 92 valence electrons. The number of aliphatic carboxylic acids is 1. The van der Waals surface area contributed by atoms with Crippen LogP contribution in [0.25, 0.3) is 17.3 Å². The normalized spacial score (nSPS) is 11.2. The number of nitrogens with one attached hydrogen (secondary N) is 2. The van der Waals surface area contributed by atoms with Crippen LogP contribution in [-0.2, 0) is 11.2 Å². The van der Waals surface area contributed by atoms with Crippen molar-refractivity contribution in [1.29, 1.82) is 0 Å². The summed E-state index contributed by atoms with van der Waals surface area (Å²) in [4.78, 5) is 25.3. The second-order valence-corrected chi connectivity index (χ2v) is 4.02. The maximum absolute atomic E-state index is 10.8. The van der Waals surface area contributed by atoms with E-state index in [1.165, 1.54) is 0 Å². The minimum atomic E-state index is -0.868. The van der Waals surface area contributed by atoms with Crippen LogP contribution in [0, 0.1) is 6.92 Å². The fraction of sp³-hybridized carbons (Fsp3) is 0.182. The zero-order chi connectivity index (χ0) is 12.7. The molecular weight excluding hydrogens is 234 g/mol. The molecule has 0 radical (unpaired) electrons. The van der Waals surface area contributed by atoms with Crippen LogP contribution in [0.3, 0.4) is 0 Å². The molecule has 0 bridgehead atoms. The van der Waals surface area contributed by atoms with Gasteiger partial charge in [0.05, 0.1) is 12.1 Å². The highest BCUT2D eigenvalue weighted by Crippen LogP contribution is 2.18. The lowest BCUT2D eigenvalue weighted by molar-refractivity contribution is -0.136. The highest BCUT2D eigenvalue weighted by atomic mass is 16.4. The van der Waals surface area contributed by atoms with E-state index >= 15 is 0 Å². The number of aryl methyl sites for hydroxylation is 1. The number of fused-ring (bicyclic) bond motifs is 1. The number of hydrogen-bond acceptors (Lipinski definition) is 3. The van der Waals surface area contributed by atoms with Crippen LogP contribution in [0.5, 0.6) is 0 Å². The van der Waals surface area contributed by atoms with Crippen molar-refractivity contribution >= 4 is 11.7 Å². The van der Waals surface area contributed by atoms with Crippen molar-refractivity contribution in [1.82, 2.24) is 24.3 Å². The summed E-state index contributed by atoms with van der Waals surface area (Å²) >= 11 is 0. The predicted octanol–water partition coefficient (Wildman–Crippen LogP) is 0.988. The smallest absolute Gasteiger partial charge is 0.309 e. The van der Waals surface area contributed by atoms with E-state index in [0.29, 0.717) is 23.0 Å². The molecule has 0 saturated carbocycles. The van der Waals surface area contributed by atoms with Crippen LogP contribution in [0.1, 0.15) is 11.4 Å². The fourth-order valence-electron chi connectivity index (χ4n) is 1.98. The highest BCUT2D eigenvalue weighted by Gasteiger charge is 2.15. The van der Waals surface area contributed by atoms with Gasteiger partial charge in [0.25, 0.3) is 0 Å². The third-order valence-corrected chi connectivity index (χ3v) is 2.79. The Hall–Kier alpha value is -2.57. The molecule has 3 aromatic rings. The Bertz CT molecular complexity index is 707. The number of aromatic nitrogens is 5. The summed E-state index contributed by atoms with van der Waals surface area (Å²) in [5, 5.41) is 8.89. The molecule has 3 N–H and O–H groups in total. The van der Waals surface area contributed by atoms with Gasteiger partial charge in [-0.2, -0.15) is 0 Å². The molecule has 0 aliphatic carbocycles. The number of aromatic amines is 2. The Kier molecular flexibility index (Phi) is 2.19. The first-order chi connectivity index (χ1) is 8.65. The van der Waals surface area contributed by atoms with Crippen LogP contribution >= 0.6 is 0 Å². The molecule has 3 aromatic heterocycles. The van der Waals surface area contributed by atoms with Crippen LogP contribution in [-0.4, -0.2) is 35.4 Å². The van der Waals surface area contributed by atoms with Crippen molar-refractivity contribution in [3.8, 4) is 11.5 Å². The number of imidazole rings is 3. The van der Waals surface area contributed by atoms with E-state index in [0.717, 1.165) is 5.69 Å². The van der Waals surface area contributed by atoms with E-state index in [-0.39, 0.29) is 6.42 Å². The summed E-state index contributed by atoms with van der Waals surface area (Å²) in [6.07, 6.45) is 5.09. The average molecular weight is 245 g/mol. The third-order valence-electron chi connectivity index (χ3n) is 2.79. The van der Waals surface area contributed by atoms with E-state index in [9.17, 15) is 4.79 Å². The maximum Gasteiger partial charge on any atom is 0.309 e. The molecule has 0 fully saturated rings. The molecule has 18 heavy (non-hydrogen) atoms.